The van der Waals surface area contributed by atoms with Crippen LogP contribution in [0.5, 0.6) is 0 Å². The Hall–Kier alpha value is -2.45. The highest BCUT2D eigenvalue weighted by Gasteiger charge is 2.24. The van der Waals surface area contributed by atoms with Crippen LogP contribution in [0.2, 0.25) is 5.02 Å². The van der Waals surface area contributed by atoms with Crippen molar-refractivity contribution in [2.75, 3.05) is 11.4 Å². The van der Waals surface area contributed by atoms with E-state index in [0.717, 1.165) is 6.42 Å². The first kappa shape index (κ1) is 17.4. The second-order valence-corrected chi connectivity index (χ2v) is 6.67. The molecular formula is C16H15ClN4O3S. The first-order valence-electron chi connectivity index (χ1n) is 7.63. The van der Waals surface area contributed by atoms with Crippen LogP contribution < -0.4 is 15.8 Å². The zero-order valence-corrected chi connectivity index (χ0v) is 14.7. The molecule has 0 bridgehead atoms. The summed E-state index contributed by atoms with van der Waals surface area (Å²) in [6.07, 6.45) is 1.35. The maximum Gasteiger partial charge on any atom is 0.271 e. The summed E-state index contributed by atoms with van der Waals surface area (Å²) in [6, 6.07) is 6.54. The van der Waals surface area contributed by atoms with E-state index in [1.807, 2.05) is 0 Å². The standard InChI is InChI=1S/C16H15ClN4O3S/c17-12-5-2-1-4-11(12)15(24)20-19-13(22)8-10-9-25-16(18-10)21-7-3-6-14(21)23/h1-2,4-5,9H,3,6-8H2,(H,19,22)(H,20,24). The normalized spacial score (nSPS) is 13.8. The number of nitrogens with zero attached hydrogens (tertiary/aromatic N) is 2. The summed E-state index contributed by atoms with van der Waals surface area (Å²) in [6.45, 7) is 0.659. The summed E-state index contributed by atoms with van der Waals surface area (Å²) in [5.74, 6) is -0.858. The minimum absolute atomic E-state index is 0.00132. The van der Waals surface area contributed by atoms with E-state index in [1.165, 1.54) is 11.3 Å². The number of nitrogens with one attached hydrogen (secondary N) is 2. The second kappa shape index (κ2) is 7.62. The van der Waals surface area contributed by atoms with Gasteiger partial charge in [0.15, 0.2) is 5.13 Å². The molecule has 3 rings (SSSR count). The lowest BCUT2D eigenvalue weighted by molar-refractivity contribution is -0.121. The van der Waals surface area contributed by atoms with E-state index in [2.05, 4.69) is 15.8 Å². The number of halogens is 1. The molecule has 130 valence electrons. The number of hydrazine groups is 1. The van der Waals surface area contributed by atoms with Gasteiger partial charge in [-0.3, -0.25) is 30.1 Å². The summed E-state index contributed by atoms with van der Waals surface area (Å²) < 4.78 is 0. The molecule has 1 aliphatic rings. The minimum atomic E-state index is -0.499. The van der Waals surface area contributed by atoms with Gasteiger partial charge < -0.3 is 0 Å². The predicted molar refractivity (Wildman–Crippen MR) is 94.5 cm³/mol. The van der Waals surface area contributed by atoms with Gasteiger partial charge >= 0.3 is 0 Å². The van der Waals surface area contributed by atoms with Crippen LogP contribution >= 0.6 is 22.9 Å². The number of benzene rings is 1. The van der Waals surface area contributed by atoms with Crippen molar-refractivity contribution in [1.82, 2.24) is 15.8 Å². The van der Waals surface area contributed by atoms with E-state index in [9.17, 15) is 14.4 Å². The lowest BCUT2D eigenvalue weighted by Crippen LogP contribution is -2.42. The number of amides is 3. The molecule has 1 aromatic carbocycles. The summed E-state index contributed by atoms with van der Waals surface area (Å²) in [5.41, 5.74) is 5.46. The zero-order valence-electron chi connectivity index (χ0n) is 13.1. The fourth-order valence-electron chi connectivity index (χ4n) is 2.40. The molecule has 1 saturated heterocycles. The van der Waals surface area contributed by atoms with Crippen LogP contribution in [0.1, 0.15) is 28.9 Å². The van der Waals surface area contributed by atoms with Crippen LogP contribution in [-0.2, 0) is 16.0 Å². The molecule has 2 N–H and O–H groups in total. The highest BCUT2D eigenvalue weighted by Crippen LogP contribution is 2.25. The third kappa shape index (κ3) is 4.15. The van der Waals surface area contributed by atoms with Crippen molar-refractivity contribution in [2.24, 2.45) is 0 Å². The first-order chi connectivity index (χ1) is 12.0. The predicted octanol–water partition coefficient (Wildman–Crippen LogP) is 1.93. The zero-order chi connectivity index (χ0) is 17.8. The molecule has 0 spiro atoms. The van der Waals surface area contributed by atoms with Crippen molar-refractivity contribution < 1.29 is 14.4 Å². The summed E-state index contributed by atoms with van der Waals surface area (Å²) in [7, 11) is 0. The Kier molecular flexibility index (Phi) is 5.30. The van der Waals surface area contributed by atoms with Crippen molar-refractivity contribution in [2.45, 2.75) is 19.3 Å². The number of thiazole rings is 1. The molecule has 25 heavy (non-hydrogen) atoms. The average Bonchev–Trinajstić information content (AvgIpc) is 3.21. The molecule has 0 aliphatic carbocycles. The van der Waals surface area contributed by atoms with Gasteiger partial charge in [0.05, 0.1) is 22.7 Å². The van der Waals surface area contributed by atoms with Crippen molar-refractivity contribution in [3.8, 4) is 0 Å². The van der Waals surface area contributed by atoms with Gasteiger partial charge in [0, 0.05) is 18.3 Å². The Labute approximate surface area is 153 Å². The van der Waals surface area contributed by atoms with Crippen molar-refractivity contribution in [3.63, 3.8) is 0 Å². The van der Waals surface area contributed by atoms with Crippen LogP contribution in [-0.4, -0.2) is 29.3 Å². The van der Waals surface area contributed by atoms with E-state index in [-0.39, 0.29) is 17.9 Å². The van der Waals surface area contributed by atoms with E-state index in [0.29, 0.717) is 28.8 Å². The molecule has 0 atom stereocenters. The van der Waals surface area contributed by atoms with Crippen molar-refractivity contribution in [1.29, 1.82) is 0 Å². The van der Waals surface area contributed by atoms with Gasteiger partial charge in [-0.25, -0.2) is 4.98 Å². The van der Waals surface area contributed by atoms with Gasteiger partial charge in [0.2, 0.25) is 11.8 Å². The van der Waals surface area contributed by atoms with Gasteiger partial charge in [-0.1, -0.05) is 23.7 Å². The van der Waals surface area contributed by atoms with Crippen molar-refractivity contribution >= 4 is 45.8 Å². The summed E-state index contributed by atoms with van der Waals surface area (Å²) in [4.78, 5) is 41.6. The Bertz CT molecular complexity index is 823. The molecule has 2 aromatic rings. The number of carbonyl (C=O) groups excluding carboxylic acids is 3. The topological polar surface area (TPSA) is 91.4 Å². The van der Waals surface area contributed by atoms with Gasteiger partial charge in [-0.15, -0.1) is 11.3 Å². The third-order valence-electron chi connectivity index (χ3n) is 3.62. The van der Waals surface area contributed by atoms with Crippen LogP contribution in [0.3, 0.4) is 0 Å². The van der Waals surface area contributed by atoms with E-state index < -0.39 is 11.8 Å². The number of aromatic nitrogens is 1. The molecule has 1 fully saturated rings. The number of carbonyl (C=O) groups is 3. The molecule has 0 saturated carbocycles. The number of hydrogen-bond donors (Lipinski definition) is 2. The number of hydrogen-bond acceptors (Lipinski definition) is 5. The largest absolute Gasteiger partial charge is 0.288 e. The fourth-order valence-corrected chi connectivity index (χ4v) is 3.49. The molecular weight excluding hydrogens is 364 g/mol. The van der Waals surface area contributed by atoms with Crippen LogP contribution in [0.4, 0.5) is 5.13 Å². The number of rotatable bonds is 4. The van der Waals surface area contributed by atoms with Gasteiger partial charge in [-0.05, 0) is 18.6 Å². The molecule has 0 radical (unpaired) electrons. The lowest BCUT2D eigenvalue weighted by Gasteiger charge is -2.10. The molecule has 2 heterocycles. The Balaban J connectivity index is 1.53. The average molecular weight is 379 g/mol. The quantitative estimate of drug-likeness (QED) is 0.795. The van der Waals surface area contributed by atoms with Crippen LogP contribution in [0, 0.1) is 0 Å². The Morgan fingerprint density at radius 2 is 2.08 bits per heavy atom. The fraction of sp³-hybridized carbons (Fsp3) is 0.250. The molecule has 1 aliphatic heterocycles. The Morgan fingerprint density at radius 1 is 1.28 bits per heavy atom. The minimum Gasteiger partial charge on any atom is -0.288 e. The summed E-state index contributed by atoms with van der Waals surface area (Å²) >= 11 is 7.25. The molecule has 3 amide bonds. The van der Waals surface area contributed by atoms with Gasteiger partial charge in [-0.2, -0.15) is 0 Å². The SMILES string of the molecule is O=C(Cc1csc(N2CCCC2=O)n1)NNC(=O)c1ccccc1Cl. The monoisotopic (exact) mass is 378 g/mol. The van der Waals surface area contributed by atoms with E-state index in [4.69, 9.17) is 11.6 Å². The molecule has 1 aromatic heterocycles. The van der Waals surface area contributed by atoms with Gasteiger partial charge in [0.25, 0.3) is 5.91 Å². The third-order valence-corrected chi connectivity index (χ3v) is 4.86. The Morgan fingerprint density at radius 3 is 2.80 bits per heavy atom. The summed E-state index contributed by atoms with van der Waals surface area (Å²) in [5, 5.41) is 2.63. The van der Waals surface area contributed by atoms with E-state index in [1.54, 1.807) is 34.5 Å². The van der Waals surface area contributed by atoms with Gasteiger partial charge in [0.1, 0.15) is 0 Å². The lowest BCUT2D eigenvalue weighted by atomic mass is 10.2. The smallest absolute Gasteiger partial charge is 0.271 e. The van der Waals surface area contributed by atoms with Crippen molar-refractivity contribution in [3.05, 3.63) is 45.9 Å². The van der Waals surface area contributed by atoms with E-state index >= 15 is 0 Å². The van der Waals surface area contributed by atoms with Crippen LogP contribution in [0.25, 0.3) is 0 Å². The molecule has 0 unspecified atom stereocenters. The molecule has 7 nitrogen and oxygen atoms in total. The highest BCUT2D eigenvalue weighted by molar-refractivity contribution is 7.14. The maximum atomic E-state index is 12.0. The van der Waals surface area contributed by atoms with Crippen LogP contribution in [0.15, 0.2) is 29.6 Å². The second-order valence-electron chi connectivity index (χ2n) is 5.43. The first-order valence-corrected chi connectivity index (χ1v) is 8.89. The highest BCUT2D eigenvalue weighted by atomic mass is 35.5. The molecule has 9 heteroatoms. The maximum absolute atomic E-state index is 12.0. The number of anilines is 1.